The molecule has 3 heterocycles. The number of fused-ring (bicyclic) bond motifs is 16. The summed E-state index contributed by atoms with van der Waals surface area (Å²) >= 11 is 1.77. The summed E-state index contributed by atoms with van der Waals surface area (Å²) in [6.45, 7) is 0. The molecule has 9 aromatic carbocycles. The standard InChI is InChI=1S/C50H29N3OS/c51-48(30-22-26-44-39(27-30)35-16-8-10-20-43(35)55-44)50-49(38-18-7-9-19-42(38)54-50)52-28-53-40-24-21-29-11-1-2-12-31(29)46(40)47-41(53)25-23-37-34-15-4-3-13-32(34)33-14-5-6-17-36(33)45(37)47/h1-28,51H/b51-48?,52-28+. The molecule has 5 heteroatoms. The van der Waals surface area contributed by atoms with Gasteiger partial charge in [-0.3, -0.25) is 9.98 Å². The highest BCUT2D eigenvalue weighted by atomic mass is 32.1. The fourth-order valence-electron chi connectivity index (χ4n) is 8.87. The topological polar surface area (TPSA) is 54.3 Å². The van der Waals surface area contributed by atoms with E-state index in [2.05, 4.69) is 138 Å². The van der Waals surface area contributed by atoms with Crippen LogP contribution >= 0.6 is 11.3 Å². The summed E-state index contributed by atoms with van der Waals surface area (Å²) in [6, 6.07) is 57.8. The van der Waals surface area contributed by atoms with Crippen molar-refractivity contribution in [1.29, 1.82) is 5.41 Å². The number of aliphatic imine (C=N–C) groups is 1. The average Bonchev–Trinajstić information content (AvgIpc) is 3.92. The Hall–Kier alpha value is -7.08. The maximum Gasteiger partial charge on any atom is 0.179 e. The minimum absolute atomic E-state index is 0.304. The Morgan fingerprint density at radius 3 is 1.93 bits per heavy atom. The van der Waals surface area contributed by atoms with Crippen LogP contribution in [0.15, 0.2) is 173 Å². The lowest BCUT2D eigenvalue weighted by molar-refractivity contribution is 0.605. The molecule has 0 atom stereocenters. The molecule has 0 aliphatic carbocycles. The number of hydrogen-bond acceptors (Lipinski definition) is 4. The first kappa shape index (κ1) is 30.4. The third-order valence-electron chi connectivity index (χ3n) is 11.3. The first-order valence-corrected chi connectivity index (χ1v) is 19.3. The van der Waals surface area contributed by atoms with Crippen LogP contribution in [0, 0.1) is 5.41 Å². The molecule has 3 aromatic heterocycles. The van der Waals surface area contributed by atoms with Gasteiger partial charge in [0.2, 0.25) is 0 Å². The van der Waals surface area contributed by atoms with Gasteiger partial charge in [-0.25, -0.2) is 4.99 Å². The monoisotopic (exact) mass is 719 g/mol. The Morgan fingerprint density at radius 1 is 0.509 bits per heavy atom. The van der Waals surface area contributed by atoms with E-state index >= 15 is 0 Å². The van der Waals surface area contributed by atoms with Gasteiger partial charge in [0.05, 0.1) is 11.0 Å². The van der Waals surface area contributed by atoms with Crippen molar-refractivity contribution in [2.24, 2.45) is 4.99 Å². The van der Waals surface area contributed by atoms with Gasteiger partial charge < -0.3 is 4.42 Å². The Morgan fingerprint density at radius 2 is 1.11 bits per heavy atom. The fraction of sp³-hybridized carbons (Fsp3) is 0. The van der Waals surface area contributed by atoms with Gasteiger partial charge in [-0.05, 0) is 80.2 Å². The van der Waals surface area contributed by atoms with Gasteiger partial charge in [-0.15, -0.1) is 11.3 Å². The van der Waals surface area contributed by atoms with Gasteiger partial charge >= 0.3 is 0 Å². The molecule has 55 heavy (non-hydrogen) atoms. The number of nitrogens with one attached hydrogen (secondary N) is 1. The second-order valence-electron chi connectivity index (χ2n) is 14.2. The minimum atomic E-state index is 0.304. The molecular formula is C50H29N3OS. The van der Waals surface area contributed by atoms with Crippen LogP contribution in [0.2, 0.25) is 0 Å². The van der Waals surface area contributed by atoms with E-state index in [0.29, 0.717) is 22.7 Å². The highest BCUT2D eigenvalue weighted by Gasteiger charge is 2.22. The lowest BCUT2D eigenvalue weighted by Crippen LogP contribution is -2.00. The number of hydrogen-bond donors (Lipinski definition) is 1. The molecule has 256 valence electrons. The van der Waals surface area contributed by atoms with Crippen molar-refractivity contribution in [3.63, 3.8) is 0 Å². The predicted octanol–water partition coefficient (Wildman–Crippen LogP) is 14.1. The van der Waals surface area contributed by atoms with E-state index < -0.39 is 0 Å². The maximum atomic E-state index is 9.55. The van der Waals surface area contributed by atoms with Crippen molar-refractivity contribution < 1.29 is 4.42 Å². The van der Waals surface area contributed by atoms with Crippen molar-refractivity contribution in [3.05, 3.63) is 175 Å². The lowest BCUT2D eigenvalue weighted by atomic mass is 9.91. The van der Waals surface area contributed by atoms with E-state index in [1.165, 1.54) is 68.6 Å². The summed E-state index contributed by atoms with van der Waals surface area (Å²) in [5, 5.41) is 25.0. The lowest BCUT2D eigenvalue weighted by Gasteiger charge is -2.12. The molecule has 4 nitrogen and oxygen atoms in total. The van der Waals surface area contributed by atoms with Crippen LogP contribution in [0.4, 0.5) is 5.69 Å². The van der Waals surface area contributed by atoms with Gasteiger partial charge in [0, 0.05) is 47.3 Å². The van der Waals surface area contributed by atoms with Gasteiger partial charge in [0.25, 0.3) is 0 Å². The van der Waals surface area contributed by atoms with Crippen LogP contribution in [-0.4, -0.2) is 16.6 Å². The zero-order chi connectivity index (χ0) is 36.2. The SMILES string of the molecule is N=C(c1ccc2sc3ccccc3c2c1)c1oc2ccccc2c1/N=C/n1c2ccc3ccccc3c2c2c3c4ccccc4c4ccccc4c3ccc21. The molecule has 0 saturated carbocycles. The van der Waals surface area contributed by atoms with Gasteiger partial charge in [-0.1, -0.05) is 121 Å². The van der Waals surface area contributed by atoms with Crippen LogP contribution in [0.25, 0.3) is 96.0 Å². The van der Waals surface area contributed by atoms with Crippen LogP contribution < -0.4 is 0 Å². The molecular weight excluding hydrogens is 691 g/mol. The number of thiophene rings is 1. The molecule has 0 saturated heterocycles. The van der Waals surface area contributed by atoms with Crippen molar-refractivity contribution in [2.75, 3.05) is 0 Å². The summed E-state index contributed by atoms with van der Waals surface area (Å²) < 4.78 is 11.2. The molecule has 12 rings (SSSR count). The molecule has 1 N–H and O–H groups in total. The Labute approximate surface area is 318 Å². The Balaban J connectivity index is 1.13. The molecule has 0 radical (unpaired) electrons. The van der Waals surface area contributed by atoms with E-state index in [-0.39, 0.29) is 0 Å². The van der Waals surface area contributed by atoms with Crippen LogP contribution in [0.5, 0.6) is 0 Å². The molecule has 0 amide bonds. The average molecular weight is 720 g/mol. The number of nitrogens with zero attached hydrogens (tertiary/aromatic N) is 2. The minimum Gasteiger partial charge on any atom is -0.452 e. The largest absolute Gasteiger partial charge is 0.452 e. The summed E-state index contributed by atoms with van der Waals surface area (Å²) in [6.07, 6.45) is 1.93. The summed E-state index contributed by atoms with van der Waals surface area (Å²) in [5.74, 6) is 0.450. The molecule has 0 unspecified atom stereocenters. The van der Waals surface area contributed by atoms with Crippen LogP contribution in [0.3, 0.4) is 0 Å². The second-order valence-corrected chi connectivity index (χ2v) is 15.3. The number of furan rings is 1. The van der Waals surface area contributed by atoms with E-state index in [1.807, 2.05) is 36.7 Å². The van der Waals surface area contributed by atoms with Crippen molar-refractivity contribution >= 4 is 125 Å². The predicted molar refractivity (Wildman–Crippen MR) is 234 cm³/mol. The summed E-state index contributed by atoms with van der Waals surface area (Å²) in [5.41, 5.74) is 4.58. The second kappa shape index (κ2) is 11.5. The molecule has 0 aliphatic rings. The normalized spacial score (nSPS) is 12.4. The maximum absolute atomic E-state index is 9.55. The van der Waals surface area contributed by atoms with E-state index in [0.717, 1.165) is 27.4 Å². The fourth-order valence-corrected chi connectivity index (χ4v) is 9.96. The van der Waals surface area contributed by atoms with Crippen molar-refractivity contribution in [3.8, 4) is 0 Å². The number of benzene rings is 9. The Bertz CT molecular complexity index is 3600. The third-order valence-corrected chi connectivity index (χ3v) is 12.5. The van der Waals surface area contributed by atoms with E-state index in [9.17, 15) is 5.41 Å². The highest BCUT2D eigenvalue weighted by Crippen LogP contribution is 2.44. The number of rotatable bonds is 4. The molecule has 0 aliphatic heterocycles. The highest BCUT2D eigenvalue weighted by molar-refractivity contribution is 7.25. The van der Waals surface area contributed by atoms with Crippen LogP contribution in [-0.2, 0) is 0 Å². The summed E-state index contributed by atoms with van der Waals surface area (Å²) in [7, 11) is 0. The number of aromatic nitrogens is 1. The molecule has 0 spiro atoms. The van der Waals surface area contributed by atoms with Crippen LogP contribution in [0.1, 0.15) is 11.3 Å². The zero-order valence-electron chi connectivity index (χ0n) is 29.4. The summed E-state index contributed by atoms with van der Waals surface area (Å²) in [4.78, 5) is 5.26. The Kier molecular flexibility index (Phi) is 6.33. The molecule has 0 bridgehead atoms. The molecule has 0 fully saturated rings. The van der Waals surface area contributed by atoms with Crippen molar-refractivity contribution in [2.45, 2.75) is 0 Å². The number of para-hydroxylation sites is 1. The zero-order valence-corrected chi connectivity index (χ0v) is 30.2. The van der Waals surface area contributed by atoms with E-state index in [1.54, 1.807) is 11.3 Å². The third kappa shape index (κ3) is 4.33. The van der Waals surface area contributed by atoms with Gasteiger partial charge in [-0.2, -0.15) is 0 Å². The van der Waals surface area contributed by atoms with Gasteiger partial charge in [0.1, 0.15) is 23.3 Å². The smallest absolute Gasteiger partial charge is 0.179 e. The van der Waals surface area contributed by atoms with Crippen molar-refractivity contribution in [1.82, 2.24) is 4.57 Å². The molecule has 12 aromatic rings. The quantitative estimate of drug-likeness (QED) is 0.110. The first-order valence-electron chi connectivity index (χ1n) is 18.4. The van der Waals surface area contributed by atoms with E-state index in [4.69, 9.17) is 9.41 Å². The van der Waals surface area contributed by atoms with Gasteiger partial charge in [0.15, 0.2) is 5.76 Å². The first-order chi connectivity index (χ1) is 27.2.